The van der Waals surface area contributed by atoms with E-state index in [1.807, 2.05) is 36.4 Å². The minimum Gasteiger partial charge on any atom is -1.00 e. The van der Waals surface area contributed by atoms with Crippen LogP contribution in [-0.4, -0.2) is 26.9 Å². The van der Waals surface area contributed by atoms with Crippen LogP contribution < -0.4 is 28.9 Å². The van der Waals surface area contributed by atoms with E-state index in [4.69, 9.17) is 0 Å². The van der Waals surface area contributed by atoms with Crippen LogP contribution in [-0.2, 0) is 10.8 Å². The van der Waals surface area contributed by atoms with Crippen molar-refractivity contribution >= 4 is 39.0 Å². The highest BCUT2D eigenvalue weighted by atomic mass is 127. The van der Waals surface area contributed by atoms with E-state index in [1.54, 1.807) is 11.8 Å². The number of hydrogen-bond acceptors (Lipinski definition) is 3. The molecule has 0 saturated heterocycles. The van der Waals surface area contributed by atoms with Crippen molar-refractivity contribution in [1.82, 2.24) is 0 Å². The molecule has 3 nitrogen and oxygen atoms in total. The number of para-hydroxylation sites is 2. The van der Waals surface area contributed by atoms with E-state index >= 15 is 0 Å². The van der Waals surface area contributed by atoms with Crippen LogP contribution >= 0.6 is 11.8 Å². The van der Waals surface area contributed by atoms with Crippen molar-refractivity contribution in [2.24, 2.45) is 0 Å². The Kier molecular flexibility index (Phi) is 6.60. The highest BCUT2D eigenvalue weighted by Crippen LogP contribution is 2.45. The molecular weight excluding hydrogens is 487 g/mol. The first-order chi connectivity index (χ1) is 12.7. The Balaban J connectivity index is 0.00000210. The van der Waals surface area contributed by atoms with Crippen LogP contribution in [0.3, 0.4) is 0 Å². The summed E-state index contributed by atoms with van der Waals surface area (Å²) in [7, 11) is -1.11. The van der Waals surface area contributed by atoms with Gasteiger partial charge in [0.25, 0.3) is 5.04 Å². The first-order valence-electron chi connectivity index (χ1n) is 8.82. The zero-order valence-corrected chi connectivity index (χ0v) is 19.1. The van der Waals surface area contributed by atoms with Gasteiger partial charge in [0.05, 0.1) is 10.7 Å². The molecule has 2 heterocycles. The molecule has 140 valence electrons. The number of fused-ring (bicyclic) bond motifs is 2. The third-order valence-electron chi connectivity index (χ3n) is 4.56. The second-order valence-corrected chi connectivity index (χ2v) is 8.45. The lowest BCUT2D eigenvalue weighted by atomic mass is 10.3. The van der Waals surface area contributed by atoms with Gasteiger partial charge < -0.3 is 28.9 Å². The molecule has 0 radical (unpaired) electrons. The van der Waals surface area contributed by atoms with Gasteiger partial charge in [-0.25, -0.2) is 4.21 Å². The van der Waals surface area contributed by atoms with Crippen LogP contribution in [0, 0.1) is 0 Å². The largest absolute Gasteiger partial charge is 1.00 e. The molecule has 27 heavy (non-hydrogen) atoms. The van der Waals surface area contributed by atoms with Crippen molar-refractivity contribution in [1.29, 1.82) is 0 Å². The number of thioether (sulfide) groups is 1. The highest BCUT2D eigenvalue weighted by Gasteiger charge is 2.34. The zero-order chi connectivity index (χ0) is 18.1. The lowest BCUT2D eigenvalue weighted by Gasteiger charge is -2.17. The van der Waals surface area contributed by atoms with E-state index in [0.717, 1.165) is 28.7 Å². The molecule has 1 unspecified atom stereocenters. The molecule has 0 N–H and O–H groups in total. The standard InChI is InChI=1S/C21H21N2OS2.HI/c1-3-22-16-10-5-7-12-18(16)25-20(22)14-9-15-21-23(4-2)17-11-6-8-13-19(17)26(21)24;/h5-15H,3-4H2,1-2H3;1H/q+1;/p-1. The maximum absolute atomic E-state index is 12.8. The number of halogens is 1. The van der Waals surface area contributed by atoms with Gasteiger partial charge in [0.2, 0.25) is 5.69 Å². The quantitative estimate of drug-likeness (QED) is 0.466. The van der Waals surface area contributed by atoms with Crippen LogP contribution in [0.1, 0.15) is 13.8 Å². The summed E-state index contributed by atoms with van der Waals surface area (Å²) in [4.78, 5) is 4.50. The molecule has 1 atom stereocenters. The van der Waals surface area contributed by atoms with Gasteiger partial charge in [0, 0.05) is 23.6 Å². The van der Waals surface area contributed by atoms with Crippen molar-refractivity contribution < 1.29 is 32.8 Å². The number of benzene rings is 2. The van der Waals surface area contributed by atoms with E-state index in [9.17, 15) is 4.21 Å². The third-order valence-corrected chi connectivity index (χ3v) is 7.17. The van der Waals surface area contributed by atoms with Crippen molar-refractivity contribution in [2.75, 3.05) is 18.0 Å². The topological polar surface area (TPSA) is 23.3 Å². The minimum atomic E-state index is -1.11. The molecule has 0 aromatic heterocycles. The minimum absolute atomic E-state index is 0. The lowest BCUT2D eigenvalue weighted by Crippen LogP contribution is -3.00. The van der Waals surface area contributed by atoms with Crippen LogP contribution in [0.2, 0.25) is 0 Å². The molecule has 4 rings (SSSR count). The molecule has 0 saturated carbocycles. The number of allylic oxidation sites excluding steroid dienone is 2. The van der Waals surface area contributed by atoms with Gasteiger partial charge in [-0.05, 0) is 38.1 Å². The van der Waals surface area contributed by atoms with Gasteiger partial charge in [0.1, 0.15) is 11.4 Å². The maximum atomic E-state index is 12.8. The van der Waals surface area contributed by atoms with E-state index in [0.29, 0.717) is 0 Å². The summed E-state index contributed by atoms with van der Waals surface area (Å²) in [5.41, 5.74) is 2.32. The van der Waals surface area contributed by atoms with Crippen molar-refractivity contribution in [3.63, 3.8) is 0 Å². The van der Waals surface area contributed by atoms with E-state index < -0.39 is 10.8 Å². The average molecular weight is 508 g/mol. The summed E-state index contributed by atoms with van der Waals surface area (Å²) in [6.07, 6.45) is 6.14. The molecule has 2 aliphatic heterocycles. The van der Waals surface area contributed by atoms with Crippen molar-refractivity contribution in [3.05, 3.63) is 71.8 Å². The molecule has 0 aliphatic carbocycles. The Morgan fingerprint density at radius 2 is 1.85 bits per heavy atom. The van der Waals surface area contributed by atoms with Gasteiger partial charge in [-0.1, -0.05) is 42.1 Å². The second kappa shape index (κ2) is 8.75. The summed E-state index contributed by atoms with van der Waals surface area (Å²) in [6, 6.07) is 16.4. The summed E-state index contributed by atoms with van der Waals surface area (Å²) in [6.45, 7) is 5.99. The van der Waals surface area contributed by atoms with Crippen molar-refractivity contribution in [3.8, 4) is 0 Å². The fourth-order valence-electron chi connectivity index (χ4n) is 3.36. The van der Waals surface area contributed by atoms with Crippen molar-refractivity contribution in [2.45, 2.75) is 23.6 Å². The number of nitrogens with zero attached hydrogens (tertiary/aromatic N) is 2. The summed E-state index contributed by atoms with van der Waals surface area (Å²) in [5, 5.41) is 2.06. The Morgan fingerprint density at radius 1 is 1.11 bits per heavy atom. The molecule has 0 spiro atoms. The number of hydrogen-bond donors (Lipinski definition) is 0. The van der Waals surface area contributed by atoms with E-state index in [-0.39, 0.29) is 24.0 Å². The van der Waals surface area contributed by atoms with Crippen LogP contribution in [0.5, 0.6) is 0 Å². The number of anilines is 1. The second-order valence-electron chi connectivity index (χ2n) is 6.00. The smallest absolute Gasteiger partial charge is 0.275 e. The normalized spacial score (nSPS) is 19.6. The SMILES string of the molecule is CCN1C(=CC=CC2=[N+](CC)c3ccccc3S2=O)Sc2ccccc21.[I-]. The Labute approximate surface area is 184 Å². The average Bonchev–Trinajstić information content (AvgIpc) is 3.17. The van der Waals surface area contributed by atoms with Crippen LogP contribution in [0.15, 0.2) is 81.6 Å². The Bertz CT molecular complexity index is 982. The van der Waals surface area contributed by atoms with Crippen LogP contribution in [0.4, 0.5) is 11.4 Å². The molecule has 0 bridgehead atoms. The molecular formula is C21H21IN2OS2. The fraction of sp³-hybridized carbons (Fsp3) is 0.190. The van der Waals surface area contributed by atoms with E-state index in [2.05, 4.69) is 53.7 Å². The molecule has 6 heteroatoms. The third kappa shape index (κ3) is 3.67. The fourth-order valence-corrected chi connectivity index (χ4v) is 5.93. The predicted octanol–water partition coefficient (Wildman–Crippen LogP) is 1.90. The molecule has 0 amide bonds. The van der Waals surface area contributed by atoms with Gasteiger partial charge in [-0.3, -0.25) is 0 Å². The molecule has 2 aliphatic rings. The Hall–Kier alpha value is -1.38. The molecule has 2 aromatic carbocycles. The summed E-state index contributed by atoms with van der Waals surface area (Å²) in [5.74, 6) is 0. The van der Waals surface area contributed by atoms with Gasteiger partial charge in [-0.15, -0.1) is 0 Å². The predicted molar refractivity (Wildman–Crippen MR) is 111 cm³/mol. The Morgan fingerprint density at radius 3 is 2.63 bits per heavy atom. The van der Waals surface area contributed by atoms with Crippen LogP contribution in [0.25, 0.3) is 0 Å². The molecule has 0 fully saturated rings. The summed E-state index contributed by atoms with van der Waals surface area (Å²) < 4.78 is 15.0. The highest BCUT2D eigenvalue weighted by molar-refractivity contribution is 8.03. The van der Waals surface area contributed by atoms with Gasteiger partial charge in [-0.2, -0.15) is 4.58 Å². The first kappa shape index (κ1) is 20.4. The monoisotopic (exact) mass is 508 g/mol. The van der Waals surface area contributed by atoms with Gasteiger partial charge in [0.15, 0.2) is 10.8 Å². The number of rotatable bonds is 4. The molecule has 2 aromatic rings. The van der Waals surface area contributed by atoms with Gasteiger partial charge >= 0.3 is 0 Å². The zero-order valence-electron chi connectivity index (χ0n) is 15.3. The maximum Gasteiger partial charge on any atom is 0.275 e. The van der Waals surface area contributed by atoms with E-state index in [1.165, 1.54) is 15.6 Å². The summed E-state index contributed by atoms with van der Waals surface area (Å²) >= 11 is 1.78. The lowest BCUT2D eigenvalue weighted by molar-refractivity contribution is -0.433. The first-order valence-corrected chi connectivity index (χ1v) is 10.8.